The molecule has 0 amide bonds. The van der Waals surface area contributed by atoms with E-state index in [1.165, 1.54) is 6.08 Å². The van der Waals surface area contributed by atoms with E-state index < -0.39 is 17.7 Å². The van der Waals surface area contributed by atoms with Crippen molar-refractivity contribution in [3.8, 4) is 11.8 Å². The number of hydrogen-bond donors (Lipinski definition) is 1. The lowest BCUT2D eigenvalue weighted by molar-refractivity contribution is -0.138. The van der Waals surface area contributed by atoms with Crippen molar-refractivity contribution in [2.75, 3.05) is 6.54 Å². The number of rotatable bonds is 5. The van der Waals surface area contributed by atoms with Crippen molar-refractivity contribution in [3.05, 3.63) is 71.8 Å². The number of benzene rings is 1. The Hall–Kier alpha value is -2.78. The molecular weight excluding hydrogens is 415 g/mol. The molecule has 1 aliphatic heterocycles. The fourth-order valence-electron chi connectivity index (χ4n) is 4.58. The second kappa shape index (κ2) is 10.2. The van der Waals surface area contributed by atoms with E-state index in [2.05, 4.69) is 23.3 Å². The van der Waals surface area contributed by atoms with Crippen LogP contribution in [0.3, 0.4) is 0 Å². The lowest BCUT2D eigenvalue weighted by Crippen LogP contribution is -2.48. The average Bonchev–Trinajstić information content (AvgIpc) is 2.74. The van der Waals surface area contributed by atoms with Crippen LogP contribution in [0.15, 0.2) is 66.3 Å². The fourth-order valence-corrected chi connectivity index (χ4v) is 4.58. The smallest absolute Gasteiger partial charge is 0.416 e. The van der Waals surface area contributed by atoms with Crippen LogP contribution in [-0.4, -0.2) is 34.7 Å². The van der Waals surface area contributed by atoms with Gasteiger partial charge >= 0.3 is 12.1 Å². The monoisotopic (exact) mass is 443 g/mol. The highest BCUT2D eigenvalue weighted by Gasteiger charge is 2.39. The van der Waals surface area contributed by atoms with Crippen LogP contribution in [0.1, 0.15) is 44.2 Å². The quantitative estimate of drug-likeness (QED) is 0.574. The Labute approximate surface area is 187 Å². The number of aliphatic carboxylic acids is 1. The summed E-state index contributed by atoms with van der Waals surface area (Å²) in [6.07, 6.45) is 1.33. The minimum absolute atomic E-state index is 0.0133. The second-order valence-corrected chi connectivity index (χ2v) is 8.57. The predicted octanol–water partition coefficient (Wildman–Crippen LogP) is 5.93. The van der Waals surface area contributed by atoms with E-state index in [0.29, 0.717) is 19.4 Å². The number of nitrogens with zero attached hydrogens (tertiary/aromatic N) is 1. The molecule has 32 heavy (non-hydrogen) atoms. The molecule has 6 heteroatoms. The molecule has 170 valence electrons. The van der Waals surface area contributed by atoms with Gasteiger partial charge in [-0.2, -0.15) is 13.2 Å². The molecule has 0 aromatic heterocycles. The first-order valence-electron chi connectivity index (χ1n) is 10.8. The molecule has 3 nitrogen and oxygen atoms in total. The third-order valence-corrected chi connectivity index (χ3v) is 6.08. The fraction of sp³-hybridized carbons (Fsp3) is 0.423. The SMILES string of the molecule is C=C(C)C#C[C@@H](c1ccccc1)N1CC[C@H](CC(=O)O)C[C@@H]1C1C=CC(C(F)(F)F)=CC1. The van der Waals surface area contributed by atoms with Crippen LogP contribution < -0.4 is 0 Å². The van der Waals surface area contributed by atoms with Gasteiger partial charge < -0.3 is 5.11 Å². The highest BCUT2D eigenvalue weighted by atomic mass is 19.4. The Bertz CT molecular complexity index is 953. The molecular formula is C26H28F3NO2. The number of hydrogen-bond acceptors (Lipinski definition) is 2. The van der Waals surface area contributed by atoms with E-state index in [4.69, 9.17) is 0 Å². The maximum Gasteiger partial charge on any atom is 0.416 e. The molecule has 1 fully saturated rings. The molecule has 0 bridgehead atoms. The number of carboxylic acids is 1. The summed E-state index contributed by atoms with van der Waals surface area (Å²) in [6, 6.07) is 9.44. The Kier molecular flexibility index (Phi) is 7.63. The zero-order chi connectivity index (χ0) is 23.3. The van der Waals surface area contributed by atoms with Crippen molar-refractivity contribution in [1.82, 2.24) is 4.90 Å². The zero-order valence-electron chi connectivity index (χ0n) is 18.1. The topological polar surface area (TPSA) is 40.5 Å². The van der Waals surface area contributed by atoms with Gasteiger partial charge in [0.2, 0.25) is 0 Å². The molecule has 1 unspecified atom stereocenters. The molecule has 1 aliphatic carbocycles. The molecule has 2 aliphatic rings. The van der Waals surface area contributed by atoms with Crippen molar-refractivity contribution >= 4 is 5.97 Å². The summed E-state index contributed by atoms with van der Waals surface area (Å²) < 4.78 is 39.3. The molecule has 3 rings (SSSR count). The van der Waals surface area contributed by atoms with Crippen LogP contribution in [0.4, 0.5) is 13.2 Å². The average molecular weight is 444 g/mol. The van der Waals surface area contributed by atoms with E-state index in [1.807, 2.05) is 37.3 Å². The van der Waals surface area contributed by atoms with E-state index >= 15 is 0 Å². The van der Waals surface area contributed by atoms with Gasteiger partial charge in [0.05, 0.1) is 11.6 Å². The van der Waals surface area contributed by atoms with E-state index in [1.54, 1.807) is 6.08 Å². The van der Waals surface area contributed by atoms with Gasteiger partial charge in [0, 0.05) is 19.0 Å². The molecule has 0 spiro atoms. The van der Waals surface area contributed by atoms with E-state index in [9.17, 15) is 23.1 Å². The molecule has 4 atom stereocenters. The number of piperidine rings is 1. The first-order valence-corrected chi connectivity index (χ1v) is 10.8. The van der Waals surface area contributed by atoms with Crippen molar-refractivity contribution in [2.24, 2.45) is 11.8 Å². The number of likely N-dealkylation sites (tertiary alicyclic amines) is 1. The number of allylic oxidation sites excluding steroid dienone is 4. The Balaban J connectivity index is 1.93. The van der Waals surface area contributed by atoms with Gasteiger partial charge in [0.15, 0.2) is 0 Å². The highest BCUT2D eigenvalue weighted by Crippen LogP contribution is 2.40. The van der Waals surface area contributed by atoms with Crippen LogP contribution in [0.25, 0.3) is 0 Å². The van der Waals surface area contributed by atoms with Crippen molar-refractivity contribution in [3.63, 3.8) is 0 Å². The molecule has 1 aromatic rings. The van der Waals surface area contributed by atoms with Crippen LogP contribution in [0.5, 0.6) is 0 Å². The second-order valence-electron chi connectivity index (χ2n) is 8.57. The Morgan fingerprint density at radius 2 is 2.03 bits per heavy atom. The lowest BCUT2D eigenvalue weighted by Gasteiger charge is -2.45. The molecule has 0 saturated carbocycles. The van der Waals surface area contributed by atoms with Crippen LogP contribution in [-0.2, 0) is 4.79 Å². The number of carboxylic acid groups (broad SMARTS) is 1. The van der Waals surface area contributed by atoms with Gasteiger partial charge in [-0.1, -0.05) is 67.0 Å². The van der Waals surface area contributed by atoms with Crippen molar-refractivity contribution in [1.29, 1.82) is 0 Å². The third kappa shape index (κ3) is 6.14. The number of alkyl halides is 3. The van der Waals surface area contributed by atoms with E-state index in [0.717, 1.165) is 17.2 Å². The largest absolute Gasteiger partial charge is 0.481 e. The van der Waals surface area contributed by atoms with Crippen LogP contribution >= 0.6 is 0 Å². The summed E-state index contributed by atoms with van der Waals surface area (Å²) in [4.78, 5) is 13.6. The summed E-state index contributed by atoms with van der Waals surface area (Å²) in [7, 11) is 0. The van der Waals surface area contributed by atoms with Crippen LogP contribution in [0, 0.1) is 23.7 Å². The lowest BCUT2D eigenvalue weighted by atomic mass is 9.78. The Morgan fingerprint density at radius 1 is 1.31 bits per heavy atom. The van der Waals surface area contributed by atoms with Gasteiger partial charge in [-0.15, -0.1) is 0 Å². The molecule has 1 aromatic carbocycles. The zero-order valence-corrected chi connectivity index (χ0v) is 18.1. The summed E-state index contributed by atoms with van der Waals surface area (Å²) in [5.41, 5.74) is 1.12. The first-order chi connectivity index (χ1) is 15.1. The number of halogens is 3. The summed E-state index contributed by atoms with van der Waals surface area (Å²) in [5.74, 6) is 5.38. The third-order valence-electron chi connectivity index (χ3n) is 6.08. The maximum absolute atomic E-state index is 13.1. The predicted molar refractivity (Wildman–Crippen MR) is 119 cm³/mol. The molecule has 1 heterocycles. The normalized spacial score (nSPS) is 24.8. The highest BCUT2D eigenvalue weighted by molar-refractivity contribution is 5.67. The van der Waals surface area contributed by atoms with Gasteiger partial charge in [0.25, 0.3) is 0 Å². The summed E-state index contributed by atoms with van der Waals surface area (Å²) in [6.45, 7) is 6.33. The van der Waals surface area contributed by atoms with Gasteiger partial charge in [0.1, 0.15) is 0 Å². The first kappa shape index (κ1) is 23.9. The van der Waals surface area contributed by atoms with E-state index in [-0.39, 0.29) is 36.8 Å². The number of carbonyl (C=O) groups is 1. The van der Waals surface area contributed by atoms with Gasteiger partial charge in [-0.3, -0.25) is 9.69 Å². The van der Waals surface area contributed by atoms with Crippen LogP contribution in [0.2, 0.25) is 0 Å². The summed E-state index contributed by atoms with van der Waals surface area (Å²) in [5, 5.41) is 9.29. The van der Waals surface area contributed by atoms with Gasteiger partial charge in [-0.05, 0) is 49.2 Å². The standard InChI is InChI=1S/C26H28F3NO2/c1-18(2)8-13-23(20-6-4-3-5-7-20)30-15-14-19(17-25(31)32)16-24(30)21-9-11-22(12-10-21)26(27,28)29/h3-7,9,11-12,19,21,23-24H,1,10,14-17H2,2H3,(H,31,32)/t19-,21?,23-,24+/m0/s1. The Morgan fingerprint density at radius 3 is 2.59 bits per heavy atom. The minimum atomic E-state index is -4.36. The van der Waals surface area contributed by atoms with Gasteiger partial charge in [-0.25, -0.2) is 0 Å². The molecule has 0 radical (unpaired) electrons. The van der Waals surface area contributed by atoms with Crippen molar-refractivity contribution in [2.45, 2.75) is 50.9 Å². The minimum Gasteiger partial charge on any atom is -0.481 e. The molecule has 1 N–H and O–H groups in total. The summed E-state index contributed by atoms with van der Waals surface area (Å²) >= 11 is 0. The van der Waals surface area contributed by atoms with Crippen molar-refractivity contribution < 1.29 is 23.1 Å². The molecule has 1 saturated heterocycles. The maximum atomic E-state index is 13.1.